The molecular formula is C22H20Cl2N4O3S2. The molecule has 1 aliphatic heterocycles. The fourth-order valence-corrected chi connectivity index (χ4v) is 6.46. The van der Waals surface area contributed by atoms with E-state index in [1.807, 2.05) is 6.08 Å². The molecule has 0 saturated heterocycles. The van der Waals surface area contributed by atoms with Gasteiger partial charge >= 0.3 is 0 Å². The van der Waals surface area contributed by atoms with Gasteiger partial charge in [-0.15, -0.1) is 10.2 Å². The Morgan fingerprint density at radius 3 is 2.48 bits per heavy atom. The Balaban J connectivity index is 1.57. The molecule has 1 aliphatic rings. The lowest BCUT2D eigenvalue weighted by atomic mass is 10.1. The lowest BCUT2D eigenvalue weighted by Gasteiger charge is -2.26. The predicted octanol–water partition coefficient (Wildman–Crippen LogP) is 4.69. The highest BCUT2D eigenvalue weighted by Gasteiger charge is 2.30. The number of carbonyl (C=O) groups excluding carboxylic acids is 1. The highest BCUT2D eigenvalue weighted by Crippen LogP contribution is 2.33. The molecule has 4 rings (SSSR count). The SMILES string of the molecule is CN(C)C(=O)c1ccc(-c2nnc(C3=CCCN(S(=O)(=O)c4ccccc4Cl)C3)s2)cc1Cl. The highest BCUT2D eigenvalue weighted by atomic mass is 35.5. The van der Waals surface area contributed by atoms with E-state index in [1.165, 1.54) is 26.6 Å². The van der Waals surface area contributed by atoms with Crippen molar-refractivity contribution in [1.29, 1.82) is 0 Å². The van der Waals surface area contributed by atoms with Crippen LogP contribution < -0.4 is 0 Å². The van der Waals surface area contributed by atoms with Gasteiger partial charge in [0.25, 0.3) is 5.91 Å². The van der Waals surface area contributed by atoms with Crippen LogP contribution in [0.1, 0.15) is 21.8 Å². The van der Waals surface area contributed by atoms with Crippen molar-refractivity contribution in [2.45, 2.75) is 11.3 Å². The van der Waals surface area contributed by atoms with Crippen molar-refractivity contribution in [2.75, 3.05) is 27.2 Å². The Hall–Kier alpha value is -2.30. The van der Waals surface area contributed by atoms with Crippen LogP contribution in [0.5, 0.6) is 0 Å². The van der Waals surface area contributed by atoms with E-state index in [1.54, 1.807) is 50.5 Å². The molecule has 1 aromatic heterocycles. The Kier molecular flexibility index (Phi) is 6.88. The minimum Gasteiger partial charge on any atom is -0.345 e. The fraction of sp³-hybridized carbons (Fsp3) is 0.227. The van der Waals surface area contributed by atoms with Crippen LogP contribution >= 0.6 is 34.5 Å². The van der Waals surface area contributed by atoms with E-state index >= 15 is 0 Å². The van der Waals surface area contributed by atoms with Crippen LogP contribution in [0.25, 0.3) is 16.1 Å². The molecule has 0 atom stereocenters. The van der Waals surface area contributed by atoms with Gasteiger partial charge in [0, 0.05) is 38.3 Å². The number of hydrogen-bond acceptors (Lipinski definition) is 6. The zero-order valence-electron chi connectivity index (χ0n) is 17.8. The van der Waals surface area contributed by atoms with Gasteiger partial charge in [0.05, 0.1) is 15.6 Å². The second kappa shape index (κ2) is 9.52. The number of halogens is 2. The standard InChI is InChI=1S/C22H20Cl2N4O3S2/c1-27(2)22(29)16-10-9-14(12-18(16)24)20-25-26-21(32-20)15-6-5-11-28(13-15)33(30,31)19-8-4-3-7-17(19)23/h3-4,6-10,12H,5,11,13H2,1-2H3. The number of sulfonamides is 1. The number of carbonyl (C=O) groups is 1. The molecule has 172 valence electrons. The maximum atomic E-state index is 13.1. The van der Waals surface area contributed by atoms with Gasteiger partial charge in [0.15, 0.2) is 0 Å². The number of benzene rings is 2. The number of aromatic nitrogens is 2. The summed E-state index contributed by atoms with van der Waals surface area (Å²) >= 11 is 13.8. The van der Waals surface area contributed by atoms with Gasteiger partial charge in [0.2, 0.25) is 10.0 Å². The van der Waals surface area contributed by atoms with Crippen molar-refractivity contribution >= 4 is 56.0 Å². The number of rotatable bonds is 5. The molecule has 0 spiro atoms. The molecule has 7 nitrogen and oxygen atoms in total. The topological polar surface area (TPSA) is 83.5 Å². The van der Waals surface area contributed by atoms with Crippen LogP contribution in [0.2, 0.25) is 10.0 Å². The van der Waals surface area contributed by atoms with Gasteiger partial charge in [-0.2, -0.15) is 4.31 Å². The van der Waals surface area contributed by atoms with E-state index in [4.69, 9.17) is 23.2 Å². The van der Waals surface area contributed by atoms with Gasteiger partial charge in [-0.1, -0.05) is 58.8 Å². The summed E-state index contributed by atoms with van der Waals surface area (Å²) in [7, 11) is -0.414. The van der Waals surface area contributed by atoms with E-state index in [-0.39, 0.29) is 22.4 Å². The number of amides is 1. The predicted molar refractivity (Wildman–Crippen MR) is 131 cm³/mol. The minimum atomic E-state index is -3.74. The first-order valence-electron chi connectivity index (χ1n) is 9.97. The Bertz CT molecular complexity index is 1350. The normalized spacial score (nSPS) is 14.7. The van der Waals surface area contributed by atoms with Crippen molar-refractivity contribution in [3.05, 3.63) is 69.2 Å². The molecule has 0 unspecified atom stereocenters. The molecule has 3 aromatic rings. The van der Waals surface area contributed by atoms with E-state index < -0.39 is 10.0 Å². The Labute approximate surface area is 206 Å². The Morgan fingerprint density at radius 2 is 1.79 bits per heavy atom. The van der Waals surface area contributed by atoms with Crippen molar-refractivity contribution in [3.8, 4) is 10.6 Å². The van der Waals surface area contributed by atoms with Gasteiger partial charge in [-0.25, -0.2) is 8.42 Å². The molecule has 2 aromatic carbocycles. The average Bonchev–Trinajstić information content (AvgIpc) is 3.29. The lowest BCUT2D eigenvalue weighted by molar-refractivity contribution is 0.0828. The zero-order chi connectivity index (χ0) is 23.8. The maximum absolute atomic E-state index is 13.1. The molecular weight excluding hydrogens is 503 g/mol. The first-order chi connectivity index (χ1) is 15.7. The molecule has 0 N–H and O–H groups in total. The van der Waals surface area contributed by atoms with Gasteiger partial charge in [-0.3, -0.25) is 4.79 Å². The molecule has 11 heteroatoms. The monoisotopic (exact) mass is 522 g/mol. The smallest absolute Gasteiger partial charge is 0.254 e. The van der Waals surface area contributed by atoms with E-state index in [2.05, 4.69) is 10.2 Å². The second-order valence-electron chi connectivity index (χ2n) is 7.59. The molecule has 2 heterocycles. The minimum absolute atomic E-state index is 0.0906. The van der Waals surface area contributed by atoms with Crippen molar-refractivity contribution < 1.29 is 13.2 Å². The van der Waals surface area contributed by atoms with Gasteiger partial charge in [0.1, 0.15) is 14.9 Å². The van der Waals surface area contributed by atoms with Crippen LogP contribution in [-0.2, 0) is 10.0 Å². The third-order valence-corrected chi connectivity index (χ3v) is 8.83. The number of nitrogens with zero attached hydrogens (tertiary/aromatic N) is 4. The fourth-order valence-electron chi connectivity index (χ4n) is 3.40. The summed E-state index contributed by atoms with van der Waals surface area (Å²) in [6.07, 6.45) is 2.54. The summed E-state index contributed by atoms with van der Waals surface area (Å²) in [6, 6.07) is 11.5. The van der Waals surface area contributed by atoms with Crippen molar-refractivity contribution in [3.63, 3.8) is 0 Å². The molecule has 0 bridgehead atoms. The van der Waals surface area contributed by atoms with Crippen LogP contribution in [0, 0.1) is 0 Å². The summed E-state index contributed by atoms with van der Waals surface area (Å²) in [6.45, 7) is 0.541. The zero-order valence-corrected chi connectivity index (χ0v) is 21.0. The van der Waals surface area contributed by atoms with Gasteiger partial charge in [-0.05, 0) is 30.7 Å². The van der Waals surface area contributed by atoms with E-state index in [0.717, 1.165) is 11.1 Å². The van der Waals surface area contributed by atoms with E-state index in [9.17, 15) is 13.2 Å². The summed E-state index contributed by atoms with van der Waals surface area (Å²) in [5.41, 5.74) is 1.92. The lowest BCUT2D eigenvalue weighted by Crippen LogP contribution is -2.35. The first-order valence-corrected chi connectivity index (χ1v) is 13.0. The summed E-state index contributed by atoms with van der Waals surface area (Å²) in [4.78, 5) is 13.8. The maximum Gasteiger partial charge on any atom is 0.254 e. The second-order valence-corrected chi connectivity index (χ2v) is 11.3. The Morgan fingerprint density at radius 1 is 1.06 bits per heavy atom. The summed E-state index contributed by atoms with van der Waals surface area (Å²) in [5, 5.41) is 10.3. The molecule has 0 radical (unpaired) electrons. The van der Waals surface area contributed by atoms with Crippen molar-refractivity contribution in [1.82, 2.24) is 19.4 Å². The third-order valence-electron chi connectivity index (χ3n) is 5.12. The molecule has 0 aliphatic carbocycles. The molecule has 0 saturated carbocycles. The average molecular weight is 523 g/mol. The van der Waals surface area contributed by atoms with Crippen LogP contribution in [0.4, 0.5) is 0 Å². The molecule has 0 fully saturated rings. The van der Waals surface area contributed by atoms with Gasteiger partial charge < -0.3 is 4.90 Å². The largest absolute Gasteiger partial charge is 0.345 e. The molecule has 33 heavy (non-hydrogen) atoms. The highest BCUT2D eigenvalue weighted by molar-refractivity contribution is 7.89. The summed E-state index contributed by atoms with van der Waals surface area (Å²) < 4.78 is 27.6. The van der Waals surface area contributed by atoms with Crippen LogP contribution in [-0.4, -0.2) is 60.9 Å². The van der Waals surface area contributed by atoms with E-state index in [0.29, 0.717) is 33.6 Å². The summed E-state index contributed by atoms with van der Waals surface area (Å²) in [5.74, 6) is -0.184. The number of hydrogen-bond donors (Lipinski definition) is 0. The van der Waals surface area contributed by atoms with Crippen LogP contribution in [0.15, 0.2) is 53.4 Å². The van der Waals surface area contributed by atoms with Crippen LogP contribution in [0.3, 0.4) is 0 Å². The molecule has 1 amide bonds. The first kappa shape index (κ1) is 23.8. The van der Waals surface area contributed by atoms with Crippen molar-refractivity contribution in [2.24, 2.45) is 0 Å². The quantitative estimate of drug-likeness (QED) is 0.485. The third kappa shape index (κ3) is 4.83.